The van der Waals surface area contributed by atoms with E-state index in [9.17, 15) is 22.8 Å². The lowest BCUT2D eigenvalue weighted by atomic mass is 9.85. The average molecular weight is 592 g/mol. The van der Waals surface area contributed by atoms with E-state index in [0.29, 0.717) is 17.2 Å². The van der Waals surface area contributed by atoms with Crippen molar-refractivity contribution >= 4 is 23.5 Å². The average Bonchev–Trinajstić information content (AvgIpc) is 3.34. The number of hydrogen-bond acceptors (Lipinski definition) is 6. The SMILES string of the molecule is Cc1nc(C2CCC(n3c(NC(C)C)nc4c(c3=O)C[C@@H](C)N(C(=O)c3ccc(Cl)c(C(F)(F)F)c3)C4)CC2)n[nH]1. The molecule has 1 aliphatic carbocycles. The highest BCUT2D eigenvalue weighted by atomic mass is 35.5. The third-order valence-electron chi connectivity index (χ3n) is 7.88. The van der Waals surface area contributed by atoms with E-state index in [1.165, 1.54) is 11.0 Å². The lowest BCUT2D eigenvalue weighted by molar-refractivity contribution is -0.137. The molecule has 2 aromatic heterocycles. The van der Waals surface area contributed by atoms with Crippen molar-refractivity contribution in [2.24, 2.45) is 0 Å². The van der Waals surface area contributed by atoms with Gasteiger partial charge in [0, 0.05) is 35.2 Å². The molecule has 0 spiro atoms. The molecule has 1 fully saturated rings. The number of nitrogens with one attached hydrogen (secondary N) is 2. The number of amides is 1. The van der Waals surface area contributed by atoms with Crippen molar-refractivity contribution in [2.75, 3.05) is 5.32 Å². The number of halogens is 4. The topological polar surface area (TPSA) is 109 Å². The molecule has 2 N–H and O–H groups in total. The molecule has 1 atom stereocenters. The second-order valence-corrected chi connectivity index (χ2v) is 11.7. The smallest absolute Gasteiger partial charge is 0.353 e. The summed E-state index contributed by atoms with van der Waals surface area (Å²) < 4.78 is 42.1. The summed E-state index contributed by atoms with van der Waals surface area (Å²) in [7, 11) is 0. The van der Waals surface area contributed by atoms with Crippen molar-refractivity contribution in [3.63, 3.8) is 0 Å². The van der Waals surface area contributed by atoms with Crippen LogP contribution in [0.4, 0.5) is 19.1 Å². The van der Waals surface area contributed by atoms with Crippen molar-refractivity contribution in [1.29, 1.82) is 0 Å². The van der Waals surface area contributed by atoms with Crippen molar-refractivity contribution in [1.82, 2.24) is 29.6 Å². The lowest BCUT2D eigenvalue weighted by Gasteiger charge is -2.36. The number of H-pyrrole nitrogens is 1. The number of alkyl halides is 3. The zero-order valence-corrected chi connectivity index (χ0v) is 24.1. The maximum atomic E-state index is 14.0. The Hall–Kier alpha value is -3.41. The molecule has 5 rings (SSSR count). The Kier molecular flexibility index (Phi) is 7.88. The van der Waals surface area contributed by atoms with Crippen LogP contribution in [0.1, 0.15) is 97.2 Å². The number of aromatic nitrogens is 5. The van der Waals surface area contributed by atoms with E-state index in [2.05, 4.69) is 20.5 Å². The van der Waals surface area contributed by atoms with Crippen molar-refractivity contribution in [3.05, 3.63) is 67.6 Å². The van der Waals surface area contributed by atoms with E-state index in [4.69, 9.17) is 16.6 Å². The van der Waals surface area contributed by atoms with Gasteiger partial charge in [-0.25, -0.2) is 9.97 Å². The quantitative estimate of drug-likeness (QED) is 0.397. The summed E-state index contributed by atoms with van der Waals surface area (Å²) in [6.07, 6.45) is -1.23. The zero-order valence-electron chi connectivity index (χ0n) is 23.3. The first-order valence-corrected chi connectivity index (χ1v) is 14.2. The van der Waals surface area contributed by atoms with Gasteiger partial charge >= 0.3 is 6.18 Å². The molecule has 0 radical (unpaired) electrons. The minimum atomic E-state index is -4.69. The van der Waals surface area contributed by atoms with Crippen molar-refractivity contribution in [3.8, 4) is 0 Å². The number of hydrogen-bond donors (Lipinski definition) is 2. The van der Waals surface area contributed by atoms with Gasteiger partial charge in [-0.15, -0.1) is 0 Å². The Morgan fingerprint density at radius 3 is 2.49 bits per heavy atom. The first-order chi connectivity index (χ1) is 19.3. The number of nitrogens with zero attached hydrogens (tertiary/aromatic N) is 5. The van der Waals surface area contributed by atoms with Gasteiger partial charge in [0.2, 0.25) is 5.95 Å². The van der Waals surface area contributed by atoms with E-state index in [0.717, 1.165) is 49.5 Å². The van der Waals surface area contributed by atoms with Crippen LogP contribution in [0, 0.1) is 6.92 Å². The fraction of sp³-hybridized carbons (Fsp3) is 0.536. The van der Waals surface area contributed by atoms with Gasteiger partial charge in [-0.3, -0.25) is 19.3 Å². The zero-order chi connectivity index (χ0) is 29.6. The summed E-state index contributed by atoms with van der Waals surface area (Å²) in [5.74, 6) is 1.67. The predicted octanol–water partition coefficient (Wildman–Crippen LogP) is 5.65. The standard InChI is InChI=1S/C28H33ClF3N7O2/c1-14(2)33-27-35-23-13-38(25(40)18-7-10-22(29)21(12-18)28(30,31)32)15(3)11-20(23)26(41)39(27)19-8-5-17(6-9-19)24-34-16(4)36-37-24/h7,10,12,14-15,17,19H,5-6,8-9,11,13H2,1-4H3,(H,33,35)(H,34,36,37)/t15-,17?,19?/m1/s1. The first-order valence-electron chi connectivity index (χ1n) is 13.8. The van der Waals surface area contributed by atoms with Crippen LogP contribution in [0.15, 0.2) is 23.0 Å². The fourth-order valence-electron chi connectivity index (χ4n) is 5.82. The van der Waals surface area contributed by atoms with Crippen LogP contribution in [0.25, 0.3) is 0 Å². The predicted molar refractivity (Wildman–Crippen MR) is 148 cm³/mol. The lowest BCUT2D eigenvalue weighted by Crippen LogP contribution is -2.46. The van der Waals surface area contributed by atoms with Gasteiger partial charge in [-0.1, -0.05) is 11.6 Å². The van der Waals surface area contributed by atoms with Gasteiger partial charge in [0.05, 0.1) is 22.8 Å². The maximum absolute atomic E-state index is 14.0. The van der Waals surface area contributed by atoms with E-state index in [1.807, 2.05) is 20.8 Å². The minimum Gasteiger partial charge on any atom is -0.353 e. The summed E-state index contributed by atoms with van der Waals surface area (Å²) in [6, 6.07) is 2.67. The van der Waals surface area contributed by atoms with E-state index in [-0.39, 0.29) is 42.1 Å². The summed E-state index contributed by atoms with van der Waals surface area (Å²) in [5.41, 5.74) is -0.331. The van der Waals surface area contributed by atoms with Crippen LogP contribution in [-0.2, 0) is 19.1 Å². The minimum absolute atomic E-state index is 0.00567. The van der Waals surface area contributed by atoms with Gasteiger partial charge in [-0.2, -0.15) is 18.3 Å². The molecule has 1 aliphatic heterocycles. The molecular weight excluding hydrogens is 559 g/mol. The van der Waals surface area contributed by atoms with E-state index >= 15 is 0 Å². The number of aryl methyl sites for hydroxylation is 1. The number of anilines is 1. The highest BCUT2D eigenvalue weighted by Gasteiger charge is 2.37. The molecule has 3 aromatic rings. The molecule has 13 heteroatoms. The normalized spacial score (nSPS) is 21.2. The van der Waals surface area contributed by atoms with Crippen LogP contribution in [0.3, 0.4) is 0 Å². The summed E-state index contributed by atoms with van der Waals surface area (Å²) >= 11 is 5.76. The molecule has 0 saturated heterocycles. The molecular formula is C28H33ClF3N7O2. The molecule has 0 bridgehead atoms. The first kappa shape index (κ1) is 29.1. The number of aromatic amines is 1. The van der Waals surface area contributed by atoms with Crippen molar-refractivity contribution in [2.45, 2.75) is 96.6 Å². The summed E-state index contributed by atoms with van der Waals surface area (Å²) in [4.78, 5) is 38.1. The maximum Gasteiger partial charge on any atom is 0.417 e. The monoisotopic (exact) mass is 591 g/mol. The molecule has 1 aromatic carbocycles. The van der Waals surface area contributed by atoms with Gasteiger partial charge in [0.15, 0.2) is 5.82 Å². The van der Waals surface area contributed by atoms with E-state index in [1.54, 1.807) is 11.5 Å². The highest BCUT2D eigenvalue weighted by Crippen LogP contribution is 2.38. The summed E-state index contributed by atoms with van der Waals surface area (Å²) in [6.45, 7) is 7.58. The second-order valence-electron chi connectivity index (χ2n) is 11.3. The fourth-order valence-corrected chi connectivity index (χ4v) is 6.04. The number of carbonyl (C=O) groups excluding carboxylic acids is 1. The van der Waals surface area contributed by atoms with Crippen LogP contribution in [0.2, 0.25) is 5.02 Å². The molecule has 9 nitrogen and oxygen atoms in total. The van der Waals surface area contributed by atoms with Gasteiger partial charge in [-0.05, 0) is 78.0 Å². The molecule has 41 heavy (non-hydrogen) atoms. The van der Waals surface area contributed by atoms with E-state index < -0.39 is 28.7 Å². The number of fused-ring (bicyclic) bond motifs is 1. The number of benzene rings is 1. The van der Waals surface area contributed by atoms with Gasteiger partial charge < -0.3 is 10.2 Å². The molecule has 2 aliphatic rings. The molecule has 3 heterocycles. The Morgan fingerprint density at radius 1 is 1.17 bits per heavy atom. The Morgan fingerprint density at radius 2 is 1.88 bits per heavy atom. The Bertz CT molecular complexity index is 1510. The largest absolute Gasteiger partial charge is 0.417 e. The third-order valence-corrected chi connectivity index (χ3v) is 8.21. The molecule has 1 saturated carbocycles. The highest BCUT2D eigenvalue weighted by molar-refractivity contribution is 6.31. The second kappa shape index (κ2) is 11.1. The molecule has 220 valence electrons. The van der Waals surface area contributed by atoms with Gasteiger partial charge in [0.25, 0.3) is 11.5 Å². The molecule has 1 amide bonds. The van der Waals surface area contributed by atoms with Crippen molar-refractivity contribution < 1.29 is 18.0 Å². The van der Waals surface area contributed by atoms with Crippen LogP contribution in [-0.4, -0.2) is 47.6 Å². The van der Waals surface area contributed by atoms with Crippen LogP contribution in [0.5, 0.6) is 0 Å². The molecule has 0 unspecified atom stereocenters. The number of carbonyl (C=O) groups is 1. The number of rotatable bonds is 5. The Labute approximate surface area is 240 Å². The van der Waals surface area contributed by atoms with Gasteiger partial charge in [0.1, 0.15) is 5.82 Å². The van der Waals surface area contributed by atoms with Crippen LogP contribution < -0.4 is 10.9 Å². The van der Waals surface area contributed by atoms with Crippen LogP contribution >= 0.6 is 11.6 Å². The Balaban J connectivity index is 1.44. The third kappa shape index (κ3) is 5.84. The summed E-state index contributed by atoms with van der Waals surface area (Å²) in [5, 5.41) is 10.1.